The molecule has 0 bridgehead atoms. The van der Waals surface area contributed by atoms with Crippen LogP contribution in [-0.4, -0.2) is 45.0 Å². The molecule has 2 aromatic carbocycles. The van der Waals surface area contributed by atoms with Gasteiger partial charge in [0.1, 0.15) is 0 Å². The molecule has 0 unspecified atom stereocenters. The van der Waals surface area contributed by atoms with Crippen LogP contribution in [0.3, 0.4) is 0 Å². The molecule has 0 amide bonds. The molecule has 164 valence electrons. The third-order valence-electron chi connectivity index (χ3n) is 5.20. The first-order valence-electron chi connectivity index (χ1n) is 10.3. The van der Waals surface area contributed by atoms with E-state index in [4.69, 9.17) is 4.74 Å². The highest BCUT2D eigenvalue weighted by Gasteiger charge is 2.27. The Morgan fingerprint density at radius 2 is 1.65 bits per heavy atom. The van der Waals surface area contributed by atoms with Crippen molar-refractivity contribution in [2.45, 2.75) is 25.3 Å². The molecule has 0 radical (unpaired) electrons. The number of rotatable bonds is 10. The fraction of sp³-hybridized carbons (Fsp3) is 0.292. The van der Waals surface area contributed by atoms with Crippen molar-refractivity contribution in [3.05, 3.63) is 84.1 Å². The molecule has 0 spiro atoms. The normalized spacial score (nSPS) is 11.5. The van der Waals surface area contributed by atoms with Crippen LogP contribution in [0.4, 0.5) is 5.69 Å². The van der Waals surface area contributed by atoms with Gasteiger partial charge in [0.05, 0.1) is 23.9 Å². The van der Waals surface area contributed by atoms with Crippen LogP contribution in [0.1, 0.15) is 18.1 Å². The Hall–Kier alpha value is -2.90. The Bertz CT molecular complexity index is 1070. The van der Waals surface area contributed by atoms with E-state index in [0.29, 0.717) is 35.1 Å². The number of nitrogens with zero attached hydrogens (tertiary/aromatic N) is 3. The number of likely N-dealkylation sites (N-methyl/N-ethyl adjacent to an activating group) is 1. The first-order valence-corrected chi connectivity index (χ1v) is 11.7. The van der Waals surface area contributed by atoms with E-state index < -0.39 is 10.0 Å². The molecule has 6 nitrogen and oxygen atoms in total. The summed E-state index contributed by atoms with van der Waals surface area (Å²) in [4.78, 5) is 6.75. The summed E-state index contributed by atoms with van der Waals surface area (Å²) in [5.74, 6) is 0.441. The zero-order chi connectivity index (χ0) is 22.3. The van der Waals surface area contributed by atoms with Gasteiger partial charge in [-0.2, -0.15) is 0 Å². The van der Waals surface area contributed by atoms with Crippen molar-refractivity contribution in [2.75, 3.05) is 31.0 Å². The van der Waals surface area contributed by atoms with Crippen LogP contribution in [0, 0.1) is 6.92 Å². The van der Waals surface area contributed by atoms with Crippen LogP contribution in [0.5, 0.6) is 5.88 Å². The lowest BCUT2D eigenvalue weighted by molar-refractivity contribution is 0.288. The Labute approximate surface area is 185 Å². The van der Waals surface area contributed by atoms with Crippen LogP contribution in [0.15, 0.2) is 77.8 Å². The Balaban J connectivity index is 1.89. The van der Waals surface area contributed by atoms with Gasteiger partial charge in [-0.05, 0) is 36.7 Å². The van der Waals surface area contributed by atoms with Crippen molar-refractivity contribution in [3.8, 4) is 5.88 Å². The van der Waals surface area contributed by atoms with E-state index in [1.165, 1.54) is 17.0 Å². The molecule has 3 aromatic rings. The summed E-state index contributed by atoms with van der Waals surface area (Å²) >= 11 is 0. The van der Waals surface area contributed by atoms with E-state index in [9.17, 15) is 8.42 Å². The van der Waals surface area contributed by atoms with Gasteiger partial charge in [-0.3, -0.25) is 9.21 Å². The third-order valence-corrected chi connectivity index (χ3v) is 7.18. The molecular formula is C24H29N3O3S. The van der Waals surface area contributed by atoms with Gasteiger partial charge >= 0.3 is 0 Å². The maximum Gasteiger partial charge on any atom is 0.264 e. The Kier molecular flexibility index (Phi) is 7.65. The van der Waals surface area contributed by atoms with Gasteiger partial charge < -0.3 is 4.74 Å². The molecule has 0 N–H and O–H groups in total. The predicted molar refractivity (Wildman–Crippen MR) is 124 cm³/mol. The van der Waals surface area contributed by atoms with Crippen molar-refractivity contribution in [3.63, 3.8) is 0 Å². The zero-order valence-corrected chi connectivity index (χ0v) is 19.0. The van der Waals surface area contributed by atoms with E-state index in [1.807, 2.05) is 37.3 Å². The lowest BCUT2D eigenvalue weighted by atomic mass is 10.2. The number of ether oxygens (including phenoxy) is 1. The summed E-state index contributed by atoms with van der Waals surface area (Å²) in [6.45, 7) is 6.36. The summed E-state index contributed by atoms with van der Waals surface area (Å²) in [7, 11) is -2.22. The SMILES string of the molecule is CCN(CCN(c1ccc(OC)nc1)S(=O)(=O)c1ccccc1C)Cc1ccccc1. The second-order valence-electron chi connectivity index (χ2n) is 7.26. The minimum Gasteiger partial charge on any atom is -0.481 e. The van der Waals surface area contributed by atoms with Crippen LogP contribution in [0.2, 0.25) is 0 Å². The molecule has 0 aliphatic rings. The van der Waals surface area contributed by atoms with Gasteiger partial charge in [0.15, 0.2) is 0 Å². The van der Waals surface area contributed by atoms with Crippen LogP contribution in [0.25, 0.3) is 0 Å². The average molecular weight is 440 g/mol. The van der Waals surface area contributed by atoms with Gasteiger partial charge in [0, 0.05) is 25.7 Å². The topological polar surface area (TPSA) is 62.7 Å². The Morgan fingerprint density at radius 1 is 0.935 bits per heavy atom. The van der Waals surface area contributed by atoms with E-state index in [-0.39, 0.29) is 0 Å². The minimum absolute atomic E-state index is 0.303. The molecule has 3 rings (SSSR count). The Morgan fingerprint density at radius 3 is 2.26 bits per heavy atom. The van der Waals surface area contributed by atoms with E-state index >= 15 is 0 Å². The number of sulfonamides is 1. The third kappa shape index (κ3) is 5.62. The molecule has 0 aliphatic carbocycles. The van der Waals surface area contributed by atoms with Crippen LogP contribution >= 0.6 is 0 Å². The van der Waals surface area contributed by atoms with Gasteiger partial charge in [-0.25, -0.2) is 13.4 Å². The van der Waals surface area contributed by atoms with Crippen molar-refractivity contribution in [2.24, 2.45) is 0 Å². The summed E-state index contributed by atoms with van der Waals surface area (Å²) in [5.41, 5.74) is 2.43. The molecule has 0 aliphatic heterocycles. The molecule has 0 fully saturated rings. The number of aryl methyl sites for hydroxylation is 1. The lowest BCUT2D eigenvalue weighted by Gasteiger charge is -2.28. The van der Waals surface area contributed by atoms with Crippen molar-refractivity contribution >= 4 is 15.7 Å². The number of anilines is 1. The largest absolute Gasteiger partial charge is 0.481 e. The highest BCUT2D eigenvalue weighted by atomic mass is 32.2. The van der Waals surface area contributed by atoms with Gasteiger partial charge in [-0.15, -0.1) is 0 Å². The minimum atomic E-state index is -3.76. The maximum atomic E-state index is 13.6. The number of hydrogen-bond donors (Lipinski definition) is 0. The summed E-state index contributed by atoms with van der Waals surface area (Å²) in [5, 5.41) is 0. The first-order chi connectivity index (χ1) is 15.0. The predicted octanol–water partition coefficient (Wildman–Crippen LogP) is 4.12. The monoisotopic (exact) mass is 439 g/mol. The van der Waals surface area contributed by atoms with Crippen molar-refractivity contribution < 1.29 is 13.2 Å². The fourth-order valence-electron chi connectivity index (χ4n) is 3.42. The molecule has 1 heterocycles. The number of methoxy groups -OCH3 is 1. The van der Waals surface area contributed by atoms with E-state index in [1.54, 1.807) is 30.5 Å². The van der Waals surface area contributed by atoms with Crippen LogP contribution < -0.4 is 9.04 Å². The average Bonchev–Trinajstić information content (AvgIpc) is 2.79. The van der Waals surface area contributed by atoms with Gasteiger partial charge in [0.25, 0.3) is 10.0 Å². The summed E-state index contributed by atoms with van der Waals surface area (Å²) in [6.07, 6.45) is 1.54. The fourth-order valence-corrected chi connectivity index (χ4v) is 5.09. The van der Waals surface area contributed by atoms with Crippen LogP contribution in [-0.2, 0) is 16.6 Å². The molecular weight excluding hydrogens is 410 g/mol. The zero-order valence-electron chi connectivity index (χ0n) is 18.2. The highest BCUT2D eigenvalue weighted by molar-refractivity contribution is 7.92. The molecule has 0 saturated heterocycles. The molecule has 1 aromatic heterocycles. The van der Waals surface area contributed by atoms with Crippen molar-refractivity contribution in [1.82, 2.24) is 9.88 Å². The van der Waals surface area contributed by atoms with Gasteiger partial charge in [0.2, 0.25) is 5.88 Å². The van der Waals surface area contributed by atoms with E-state index in [0.717, 1.165) is 13.1 Å². The quantitative estimate of drug-likeness (QED) is 0.476. The molecule has 0 saturated carbocycles. The van der Waals surface area contributed by atoms with Crippen molar-refractivity contribution in [1.29, 1.82) is 0 Å². The molecule has 0 atom stereocenters. The number of hydrogen-bond acceptors (Lipinski definition) is 5. The standard InChI is InChI=1S/C24H29N3O3S/c1-4-26(19-21-11-6-5-7-12-21)16-17-27(22-14-15-24(30-3)25-18-22)31(28,29)23-13-9-8-10-20(23)2/h5-15,18H,4,16-17,19H2,1-3H3. The second-order valence-corrected chi connectivity index (χ2v) is 9.09. The smallest absolute Gasteiger partial charge is 0.264 e. The summed E-state index contributed by atoms with van der Waals surface area (Å²) in [6, 6.07) is 20.6. The molecule has 31 heavy (non-hydrogen) atoms. The number of benzene rings is 2. The lowest BCUT2D eigenvalue weighted by Crippen LogP contribution is -2.39. The second kappa shape index (κ2) is 10.4. The first kappa shape index (κ1) is 22.8. The van der Waals surface area contributed by atoms with Gasteiger partial charge in [-0.1, -0.05) is 55.5 Å². The molecule has 7 heteroatoms. The maximum absolute atomic E-state index is 13.6. The number of aromatic nitrogens is 1. The van der Waals surface area contributed by atoms with E-state index in [2.05, 4.69) is 28.9 Å². The highest BCUT2D eigenvalue weighted by Crippen LogP contribution is 2.26. The summed E-state index contributed by atoms with van der Waals surface area (Å²) < 4.78 is 33.8. The number of pyridine rings is 1.